The molecule has 0 rings (SSSR count). The molecule has 0 saturated heterocycles. The molecular weight excluding hydrogens is 184 g/mol. The van der Waals surface area contributed by atoms with Crippen LogP contribution < -0.4 is 0 Å². The zero-order valence-corrected chi connectivity index (χ0v) is 12.2. The first-order valence-electron chi connectivity index (χ1n) is 6.01. The standard InChI is InChI=1S/C13H28Si/c1-8-14(9-2,10-3)11-12(4)13(5,6)7/h11H,8-10H2,1-7H3. The SMILES string of the molecule is CC[Si](C=C(C)C(C)(C)C)(CC)CC. The van der Waals surface area contributed by atoms with Gasteiger partial charge in [-0.1, -0.05) is 70.9 Å². The van der Waals surface area contributed by atoms with Crippen molar-refractivity contribution < 1.29 is 0 Å². The molecule has 84 valence electrons. The van der Waals surface area contributed by atoms with E-state index >= 15 is 0 Å². The zero-order chi connectivity index (χ0) is 11.4. The van der Waals surface area contributed by atoms with Gasteiger partial charge in [-0.05, 0) is 12.3 Å². The molecule has 0 radical (unpaired) electrons. The molecular formula is C13H28Si. The first-order chi connectivity index (χ1) is 6.31. The Hall–Kier alpha value is -0.0431. The number of allylic oxidation sites excluding steroid dienone is 1. The molecule has 0 bridgehead atoms. The predicted octanol–water partition coefficient (Wildman–Crippen LogP) is 5.03. The fourth-order valence-electron chi connectivity index (χ4n) is 1.73. The van der Waals surface area contributed by atoms with Crippen molar-refractivity contribution in [1.29, 1.82) is 0 Å². The fourth-order valence-corrected chi connectivity index (χ4v) is 5.20. The van der Waals surface area contributed by atoms with Crippen molar-refractivity contribution in [2.24, 2.45) is 5.41 Å². The highest BCUT2D eigenvalue weighted by molar-refractivity contribution is 6.84. The Morgan fingerprint density at radius 3 is 1.57 bits per heavy atom. The lowest BCUT2D eigenvalue weighted by Crippen LogP contribution is -2.30. The van der Waals surface area contributed by atoms with Gasteiger partial charge < -0.3 is 0 Å². The Labute approximate surface area is 91.8 Å². The molecule has 0 heterocycles. The highest BCUT2D eigenvalue weighted by Gasteiger charge is 2.26. The maximum absolute atomic E-state index is 2.66. The van der Waals surface area contributed by atoms with Crippen molar-refractivity contribution in [3.63, 3.8) is 0 Å². The molecule has 0 saturated carbocycles. The lowest BCUT2D eigenvalue weighted by molar-refractivity contribution is 0.504. The minimum absolute atomic E-state index is 0.359. The van der Waals surface area contributed by atoms with Gasteiger partial charge in [-0.15, -0.1) is 0 Å². The van der Waals surface area contributed by atoms with Crippen LogP contribution in [0.1, 0.15) is 48.5 Å². The molecule has 0 aliphatic heterocycles. The van der Waals surface area contributed by atoms with Crippen LogP contribution in [-0.2, 0) is 0 Å². The van der Waals surface area contributed by atoms with E-state index in [-0.39, 0.29) is 0 Å². The molecule has 1 heteroatoms. The van der Waals surface area contributed by atoms with E-state index in [4.69, 9.17) is 0 Å². The van der Waals surface area contributed by atoms with Crippen molar-refractivity contribution in [2.75, 3.05) is 0 Å². The van der Waals surface area contributed by atoms with Crippen molar-refractivity contribution in [3.05, 3.63) is 11.3 Å². The Bertz CT molecular complexity index is 184. The van der Waals surface area contributed by atoms with E-state index in [0.717, 1.165) is 0 Å². The number of hydrogen-bond acceptors (Lipinski definition) is 0. The molecule has 0 aliphatic carbocycles. The summed E-state index contributed by atoms with van der Waals surface area (Å²) in [6.45, 7) is 16.4. The van der Waals surface area contributed by atoms with Crippen LogP contribution in [0.4, 0.5) is 0 Å². The molecule has 0 N–H and O–H groups in total. The summed E-state index contributed by atoms with van der Waals surface area (Å²) in [5.74, 6) is 0. The second-order valence-electron chi connectivity index (χ2n) is 5.50. The first-order valence-corrected chi connectivity index (χ1v) is 8.71. The smallest absolute Gasteiger partial charge is 0.0769 e. The summed E-state index contributed by atoms with van der Waals surface area (Å²) in [4.78, 5) is 0. The summed E-state index contributed by atoms with van der Waals surface area (Å²) in [6, 6.07) is 4.19. The predicted molar refractivity (Wildman–Crippen MR) is 70.4 cm³/mol. The summed E-state index contributed by atoms with van der Waals surface area (Å²) in [5, 5.41) is 0. The van der Waals surface area contributed by atoms with Gasteiger partial charge in [0.2, 0.25) is 0 Å². The average molecular weight is 212 g/mol. The van der Waals surface area contributed by atoms with Gasteiger partial charge in [0.05, 0.1) is 8.07 Å². The average Bonchev–Trinajstić information content (AvgIpc) is 2.12. The molecule has 0 aromatic heterocycles. The van der Waals surface area contributed by atoms with Crippen LogP contribution in [0.3, 0.4) is 0 Å². The van der Waals surface area contributed by atoms with Gasteiger partial charge in [-0.25, -0.2) is 0 Å². The zero-order valence-electron chi connectivity index (χ0n) is 11.2. The van der Waals surface area contributed by atoms with Crippen LogP contribution in [0.2, 0.25) is 18.1 Å². The molecule has 0 atom stereocenters. The Kier molecular flexibility index (Phi) is 5.14. The number of rotatable bonds is 4. The van der Waals surface area contributed by atoms with Crippen molar-refractivity contribution in [2.45, 2.75) is 66.6 Å². The van der Waals surface area contributed by atoms with Crippen LogP contribution in [0.25, 0.3) is 0 Å². The highest BCUT2D eigenvalue weighted by Crippen LogP contribution is 2.30. The van der Waals surface area contributed by atoms with E-state index in [1.54, 1.807) is 5.57 Å². The van der Waals surface area contributed by atoms with Crippen LogP contribution >= 0.6 is 0 Å². The molecule has 0 amide bonds. The fraction of sp³-hybridized carbons (Fsp3) is 0.846. The summed E-state index contributed by atoms with van der Waals surface area (Å²) in [6.07, 6.45) is 0. The van der Waals surface area contributed by atoms with E-state index in [1.807, 2.05) is 0 Å². The number of hydrogen-bond donors (Lipinski definition) is 0. The van der Waals surface area contributed by atoms with Crippen LogP contribution in [0, 0.1) is 5.41 Å². The lowest BCUT2D eigenvalue weighted by Gasteiger charge is -2.29. The quantitative estimate of drug-likeness (QED) is 0.574. The second-order valence-corrected chi connectivity index (χ2v) is 10.6. The molecule has 0 spiro atoms. The Morgan fingerprint density at radius 2 is 1.36 bits per heavy atom. The van der Waals surface area contributed by atoms with Crippen LogP contribution in [0.5, 0.6) is 0 Å². The van der Waals surface area contributed by atoms with Gasteiger partial charge in [0.1, 0.15) is 0 Å². The minimum atomic E-state index is -1.05. The molecule has 0 nitrogen and oxygen atoms in total. The van der Waals surface area contributed by atoms with Crippen molar-refractivity contribution in [3.8, 4) is 0 Å². The highest BCUT2D eigenvalue weighted by atomic mass is 28.3. The third kappa shape index (κ3) is 3.60. The third-order valence-electron chi connectivity index (χ3n) is 3.82. The lowest BCUT2D eigenvalue weighted by atomic mass is 9.89. The molecule has 0 aliphatic rings. The summed E-state index contributed by atoms with van der Waals surface area (Å²) >= 11 is 0. The van der Waals surface area contributed by atoms with E-state index in [9.17, 15) is 0 Å². The van der Waals surface area contributed by atoms with Gasteiger partial charge in [-0.2, -0.15) is 0 Å². The maximum atomic E-state index is 2.66. The largest absolute Gasteiger partial charge is 0.0948 e. The van der Waals surface area contributed by atoms with E-state index in [2.05, 4.69) is 54.2 Å². The van der Waals surface area contributed by atoms with Gasteiger partial charge in [0.15, 0.2) is 0 Å². The molecule has 14 heavy (non-hydrogen) atoms. The molecule has 0 unspecified atom stereocenters. The Morgan fingerprint density at radius 1 is 1.00 bits per heavy atom. The van der Waals surface area contributed by atoms with Gasteiger partial charge in [0, 0.05) is 0 Å². The summed E-state index contributed by atoms with van der Waals surface area (Å²) < 4.78 is 0. The maximum Gasteiger partial charge on any atom is 0.0769 e. The van der Waals surface area contributed by atoms with Gasteiger partial charge in [-0.3, -0.25) is 0 Å². The normalized spacial score (nSPS) is 14.6. The van der Waals surface area contributed by atoms with Crippen LogP contribution in [-0.4, -0.2) is 8.07 Å². The van der Waals surface area contributed by atoms with Gasteiger partial charge in [0.25, 0.3) is 0 Å². The second kappa shape index (κ2) is 5.15. The Balaban J connectivity index is 4.90. The van der Waals surface area contributed by atoms with Crippen molar-refractivity contribution >= 4 is 8.07 Å². The third-order valence-corrected chi connectivity index (χ3v) is 9.09. The van der Waals surface area contributed by atoms with Gasteiger partial charge >= 0.3 is 0 Å². The monoisotopic (exact) mass is 212 g/mol. The summed E-state index contributed by atoms with van der Waals surface area (Å²) in [5.41, 5.74) is 4.61. The van der Waals surface area contributed by atoms with E-state index < -0.39 is 8.07 Å². The van der Waals surface area contributed by atoms with Crippen LogP contribution in [0.15, 0.2) is 11.3 Å². The molecule has 0 fully saturated rings. The van der Waals surface area contributed by atoms with E-state index in [1.165, 1.54) is 18.1 Å². The minimum Gasteiger partial charge on any atom is -0.0948 e. The topological polar surface area (TPSA) is 0 Å². The van der Waals surface area contributed by atoms with E-state index in [0.29, 0.717) is 5.41 Å². The summed E-state index contributed by atoms with van der Waals surface area (Å²) in [7, 11) is -1.05. The molecule has 0 aromatic rings. The molecule has 0 aromatic carbocycles. The van der Waals surface area contributed by atoms with Crippen molar-refractivity contribution in [1.82, 2.24) is 0 Å². The first kappa shape index (κ1) is 14.0.